The largest absolute Gasteiger partial charge is 0.339 e. The first kappa shape index (κ1) is 21.0. The molecule has 0 bridgehead atoms. The fourth-order valence-corrected chi connectivity index (χ4v) is 4.94. The van der Waals surface area contributed by atoms with E-state index in [0.717, 1.165) is 31.5 Å². The second-order valence-electron chi connectivity index (χ2n) is 7.39. The first-order valence-electron chi connectivity index (χ1n) is 9.83. The van der Waals surface area contributed by atoms with Gasteiger partial charge in [0.2, 0.25) is 15.9 Å². The molecule has 0 spiro atoms. The van der Waals surface area contributed by atoms with Gasteiger partial charge in [-0.2, -0.15) is 4.98 Å². The van der Waals surface area contributed by atoms with E-state index in [0.29, 0.717) is 29.7 Å². The van der Waals surface area contributed by atoms with Crippen LogP contribution in [0.1, 0.15) is 30.1 Å². The average Bonchev–Trinajstić information content (AvgIpc) is 3.17. The molecule has 0 unspecified atom stereocenters. The van der Waals surface area contributed by atoms with Crippen molar-refractivity contribution in [3.8, 4) is 0 Å². The van der Waals surface area contributed by atoms with Crippen LogP contribution in [0.25, 0.3) is 0 Å². The van der Waals surface area contributed by atoms with E-state index in [1.165, 1.54) is 12.1 Å². The third-order valence-corrected chi connectivity index (χ3v) is 6.90. The van der Waals surface area contributed by atoms with Crippen molar-refractivity contribution in [1.82, 2.24) is 19.8 Å². The standard InChI is InChI=1S/C21H23ClN4O3S/c22-17-6-8-19(9-7-17)30(27,28)25-18-10-12-26(13-11-18)15-20-23-21(29-24-20)14-16-4-2-1-3-5-16/h1-9,18,25H,10-15H2. The first-order chi connectivity index (χ1) is 14.5. The lowest BCUT2D eigenvalue weighted by atomic mass is 10.1. The lowest BCUT2D eigenvalue weighted by Gasteiger charge is -2.31. The number of hydrogen-bond acceptors (Lipinski definition) is 6. The fraction of sp³-hybridized carbons (Fsp3) is 0.333. The van der Waals surface area contributed by atoms with Crippen molar-refractivity contribution in [2.24, 2.45) is 0 Å². The Hall–Kier alpha value is -2.26. The number of piperidine rings is 1. The zero-order valence-corrected chi connectivity index (χ0v) is 17.9. The summed E-state index contributed by atoms with van der Waals surface area (Å²) < 4.78 is 33.2. The number of nitrogens with zero attached hydrogens (tertiary/aromatic N) is 3. The summed E-state index contributed by atoms with van der Waals surface area (Å²) in [5, 5.41) is 4.59. The predicted octanol–water partition coefficient (Wildman–Crippen LogP) is 3.26. The van der Waals surface area contributed by atoms with Gasteiger partial charge >= 0.3 is 0 Å². The number of halogens is 1. The number of aromatic nitrogens is 2. The molecule has 0 radical (unpaired) electrons. The number of nitrogens with one attached hydrogen (secondary N) is 1. The van der Waals surface area contributed by atoms with Gasteiger partial charge in [-0.05, 0) is 42.7 Å². The second-order valence-corrected chi connectivity index (χ2v) is 9.54. The predicted molar refractivity (Wildman–Crippen MR) is 114 cm³/mol. The lowest BCUT2D eigenvalue weighted by molar-refractivity contribution is 0.193. The van der Waals surface area contributed by atoms with E-state index >= 15 is 0 Å². The molecule has 30 heavy (non-hydrogen) atoms. The average molecular weight is 447 g/mol. The number of rotatable bonds is 7. The maximum atomic E-state index is 12.5. The van der Waals surface area contributed by atoms with Crippen LogP contribution in [0.5, 0.6) is 0 Å². The van der Waals surface area contributed by atoms with Crippen LogP contribution in [0.3, 0.4) is 0 Å². The minimum absolute atomic E-state index is 0.0964. The van der Waals surface area contributed by atoms with Crippen molar-refractivity contribution in [3.05, 3.63) is 76.9 Å². The van der Waals surface area contributed by atoms with Crippen molar-refractivity contribution in [2.75, 3.05) is 13.1 Å². The van der Waals surface area contributed by atoms with E-state index in [2.05, 4.69) is 19.8 Å². The van der Waals surface area contributed by atoms with Crippen molar-refractivity contribution < 1.29 is 12.9 Å². The minimum atomic E-state index is -3.55. The number of sulfonamides is 1. The van der Waals surface area contributed by atoms with E-state index in [-0.39, 0.29) is 10.9 Å². The normalized spacial score (nSPS) is 16.0. The van der Waals surface area contributed by atoms with Gasteiger partial charge < -0.3 is 4.52 Å². The maximum Gasteiger partial charge on any atom is 0.240 e. The third kappa shape index (κ3) is 5.46. The molecule has 3 aromatic rings. The molecule has 1 fully saturated rings. The molecule has 7 nitrogen and oxygen atoms in total. The summed E-state index contributed by atoms with van der Waals surface area (Å²) in [4.78, 5) is 6.92. The number of hydrogen-bond donors (Lipinski definition) is 1. The molecule has 0 aliphatic carbocycles. The summed E-state index contributed by atoms with van der Waals surface area (Å²) in [6.07, 6.45) is 2.06. The van der Waals surface area contributed by atoms with Gasteiger partial charge in [-0.25, -0.2) is 13.1 Å². The molecule has 158 valence electrons. The van der Waals surface area contributed by atoms with E-state index < -0.39 is 10.0 Å². The Kier molecular flexibility index (Phi) is 6.48. The van der Waals surface area contributed by atoms with Crippen LogP contribution in [0.2, 0.25) is 5.02 Å². The summed E-state index contributed by atoms with van der Waals surface area (Å²) in [5.41, 5.74) is 1.13. The summed E-state index contributed by atoms with van der Waals surface area (Å²) in [6.45, 7) is 2.11. The van der Waals surface area contributed by atoms with Crippen LogP contribution < -0.4 is 4.72 Å². The van der Waals surface area contributed by atoms with Crippen LogP contribution in [0.15, 0.2) is 64.0 Å². The molecule has 0 amide bonds. The summed E-state index contributed by atoms with van der Waals surface area (Å²) in [5.74, 6) is 1.25. The van der Waals surface area contributed by atoms with E-state index in [9.17, 15) is 8.42 Å². The molecule has 2 heterocycles. The number of likely N-dealkylation sites (tertiary alicyclic amines) is 1. The Morgan fingerprint density at radius 2 is 1.77 bits per heavy atom. The highest BCUT2D eigenvalue weighted by Gasteiger charge is 2.25. The summed E-state index contributed by atoms with van der Waals surface area (Å²) in [7, 11) is -3.55. The molecule has 9 heteroatoms. The Bertz CT molecular complexity index is 1060. The van der Waals surface area contributed by atoms with Gasteiger partial charge in [0.05, 0.1) is 17.9 Å². The lowest BCUT2D eigenvalue weighted by Crippen LogP contribution is -2.44. The van der Waals surface area contributed by atoms with Gasteiger partial charge in [-0.3, -0.25) is 4.90 Å². The molecular weight excluding hydrogens is 424 g/mol. The van der Waals surface area contributed by atoms with Gasteiger partial charge in [0.25, 0.3) is 0 Å². The molecule has 4 rings (SSSR count). The molecule has 1 N–H and O–H groups in total. The summed E-state index contributed by atoms with van der Waals surface area (Å²) in [6, 6.07) is 16.1. The Morgan fingerprint density at radius 3 is 2.47 bits per heavy atom. The van der Waals surface area contributed by atoms with Crippen LogP contribution in [-0.2, 0) is 23.0 Å². The minimum Gasteiger partial charge on any atom is -0.339 e. The topological polar surface area (TPSA) is 88.3 Å². The van der Waals surface area contributed by atoms with E-state index in [1.807, 2.05) is 30.3 Å². The highest BCUT2D eigenvalue weighted by Crippen LogP contribution is 2.18. The monoisotopic (exact) mass is 446 g/mol. The Balaban J connectivity index is 1.27. The number of benzene rings is 2. The van der Waals surface area contributed by atoms with Crippen molar-refractivity contribution in [3.63, 3.8) is 0 Å². The van der Waals surface area contributed by atoms with Gasteiger partial charge in [-0.1, -0.05) is 47.1 Å². The fourth-order valence-electron chi connectivity index (χ4n) is 3.51. The molecular formula is C21H23ClN4O3S. The van der Waals surface area contributed by atoms with Gasteiger partial charge in [0.15, 0.2) is 5.82 Å². The summed E-state index contributed by atoms with van der Waals surface area (Å²) >= 11 is 5.84. The van der Waals surface area contributed by atoms with Crippen LogP contribution in [-0.4, -0.2) is 42.6 Å². The molecule has 1 aliphatic heterocycles. The van der Waals surface area contributed by atoms with Gasteiger partial charge in [0.1, 0.15) is 0 Å². The van der Waals surface area contributed by atoms with Crippen LogP contribution in [0, 0.1) is 0 Å². The van der Waals surface area contributed by atoms with Gasteiger partial charge in [-0.15, -0.1) is 0 Å². The highest BCUT2D eigenvalue weighted by molar-refractivity contribution is 7.89. The van der Waals surface area contributed by atoms with Crippen molar-refractivity contribution in [1.29, 1.82) is 0 Å². The SMILES string of the molecule is O=S(=O)(NC1CCN(Cc2noc(Cc3ccccc3)n2)CC1)c1ccc(Cl)cc1. The smallest absolute Gasteiger partial charge is 0.240 e. The first-order valence-corrected chi connectivity index (χ1v) is 11.7. The Labute approximate surface area is 181 Å². The van der Waals surface area contributed by atoms with E-state index in [1.54, 1.807) is 12.1 Å². The quantitative estimate of drug-likeness (QED) is 0.599. The molecule has 1 aromatic heterocycles. The van der Waals surface area contributed by atoms with Crippen LogP contribution >= 0.6 is 11.6 Å². The van der Waals surface area contributed by atoms with Crippen LogP contribution in [0.4, 0.5) is 0 Å². The second kappa shape index (κ2) is 9.26. The Morgan fingerprint density at radius 1 is 1.07 bits per heavy atom. The zero-order chi connectivity index (χ0) is 21.0. The van der Waals surface area contributed by atoms with Gasteiger partial charge in [0, 0.05) is 24.2 Å². The van der Waals surface area contributed by atoms with Crippen molar-refractivity contribution in [2.45, 2.75) is 36.7 Å². The molecule has 0 saturated carbocycles. The molecule has 0 atom stereocenters. The molecule has 1 aliphatic rings. The van der Waals surface area contributed by atoms with E-state index in [4.69, 9.17) is 16.1 Å². The molecule has 1 saturated heterocycles. The van der Waals surface area contributed by atoms with Crippen molar-refractivity contribution >= 4 is 21.6 Å². The highest BCUT2D eigenvalue weighted by atomic mass is 35.5. The molecule has 2 aromatic carbocycles. The maximum absolute atomic E-state index is 12.5. The zero-order valence-electron chi connectivity index (χ0n) is 16.4. The third-order valence-electron chi connectivity index (χ3n) is 5.11.